The van der Waals surface area contributed by atoms with Crippen molar-refractivity contribution in [2.45, 2.75) is 25.5 Å². The molecule has 0 aliphatic carbocycles. The monoisotopic (exact) mass is 139 g/mol. The first-order valence-electron chi connectivity index (χ1n) is 3.45. The Bertz CT molecular complexity index is 172. The Kier molecular flexibility index (Phi) is 1.81. The van der Waals surface area contributed by atoms with Crippen LogP contribution in [0.15, 0.2) is 24.4 Å². The summed E-state index contributed by atoms with van der Waals surface area (Å²) in [7, 11) is 0. The van der Waals surface area contributed by atoms with Crippen molar-refractivity contribution >= 4 is 0 Å². The highest BCUT2D eigenvalue weighted by molar-refractivity contribution is 5.19. The molecule has 1 aliphatic rings. The van der Waals surface area contributed by atoms with Crippen LogP contribution in [0.25, 0.3) is 0 Å². The Morgan fingerprint density at radius 2 is 2.20 bits per heavy atom. The van der Waals surface area contributed by atoms with Gasteiger partial charge in [0.05, 0.1) is 11.6 Å². The number of hydrogen-bond acceptors (Lipinski definition) is 2. The number of aliphatic hydroxyl groups excluding tert-OH is 1. The van der Waals surface area contributed by atoms with E-state index in [4.69, 9.17) is 0 Å². The maximum atomic E-state index is 9.29. The fourth-order valence-corrected chi connectivity index (χ4v) is 0.847. The van der Waals surface area contributed by atoms with Crippen LogP contribution >= 0.6 is 0 Å². The van der Waals surface area contributed by atoms with Gasteiger partial charge in [0.2, 0.25) is 0 Å². The molecule has 0 aromatic heterocycles. The van der Waals surface area contributed by atoms with Crippen LogP contribution in [0.5, 0.6) is 0 Å². The van der Waals surface area contributed by atoms with Crippen LogP contribution in [0.4, 0.5) is 0 Å². The third kappa shape index (κ3) is 1.21. The third-order valence-corrected chi connectivity index (χ3v) is 1.91. The van der Waals surface area contributed by atoms with E-state index in [2.05, 4.69) is 5.32 Å². The molecule has 0 saturated heterocycles. The van der Waals surface area contributed by atoms with Gasteiger partial charge in [-0.25, -0.2) is 0 Å². The van der Waals surface area contributed by atoms with Crippen LogP contribution in [-0.2, 0) is 0 Å². The molecule has 0 radical (unpaired) electrons. The number of nitrogens with one attached hydrogen (secondary N) is 1. The highest BCUT2D eigenvalue weighted by atomic mass is 16.3. The molecular formula is C8H13NO. The van der Waals surface area contributed by atoms with Gasteiger partial charge in [0.15, 0.2) is 0 Å². The van der Waals surface area contributed by atoms with Crippen LogP contribution in [0, 0.1) is 0 Å². The predicted molar refractivity (Wildman–Crippen MR) is 41.5 cm³/mol. The van der Waals surface area contributed by atoms with Crippen LogP contribution in [0.3, 0.4) is 0 Å². The van der Waals surface area contributed by atoms with Gasteiger partial charge in [0.25, 0.3) is 0 Å². The summed E-state index contributed by atoms with van der Waals surface area (Å²) in [6.07, 6.45) is 7.27. The van der Waals surface area contributed by atoms with E-state index in [0.717, 1.165) is 0 Å². The van der Waals surface area contributed by atoms with Gasteiger partial charge in [-0.05, 0) is 26.1 Å². The molecule has 0 aromatic rings. The molecule has 0 spiro atoms. The average Bonchev–Trinajstić information content (AvgIpc) is 1.89. The van der Waals surface area contributed by atoms with Gasteiger partial charge >= 0.3 is 0 Å². The topological polar surface area (TPSA) is 32.3 Å². The summed E-state index contributed by atoms with van der Waals surface area (Å²) in [6.45, 7) is 3.73. The summed E-state index contributed by atoms with van der Waals surface area (Å²) in [5.74, 6) is 0. The maximum Gasteiger partial charge on any atom is 0.0782 e. The van der Waals surface area contributed by atoms with Crippen LogP contribution < -0.4 is 5.32 Å². The van der Waals surface area contributed by atoms with Gasteiger partial charge < -0.3 is 10.4 Å². The van der Waals surface area contributed by atoms with Gasteiger partial charge in [-0.3, -0.25) is 0 Å². The van der Waals surface area contributed by atoms with Crippen LogP contribution in [0.2, 0.25) is 0 Å². The first-order chi connectivity index (χ1) is 4.65. The minimum absolute atomic E-state index is 0.283. The van der Waals surface area contributed by atoms with Crippen LogP contribution in [-0.4, -0.2) is 16.7 Å². The highest BCUT2D eigenvalue weighted by Crippen LogP contribution is 2.14. The van der Waals surface area contributed by atoms with Crippen molar-refractivity contribution in [1.82, 2.24) is 5.32 Å². The zero-order valence-corrected chi connectivity index (χ0v) is 6.33. The number of rotatable bonds is 1. The second kappa shape index (κ2) is 2.46. The van der Waals surface area contributed by atoms with Crippen LogP contribution in [0.1, 0.15) is 13.8 Å². The second-order valence-corrected chi connectivity index (χ2v) is 2.82. The Morgan fingerprint density at radius 1 is 1.50 bits per heavy atom. The fraction of sp³-hybridized carbons (Fsp3) is 0.500. The minimum Gasteiger partial charge on any atom is -0.391 e. The summed E-state index contributed by atoms with van der Waals surface area (Å²) < 4.78 is 0. The van der Waals surface area contributed by atoms with Crippen molar-refractivity contribution in [3.05, 3.63) is 24.4 Å². The molecule has 2 nitrogen and oxygen atoms in total. The summed E-state index contributed by atoms with van der Waals surface area (Å²) in [6, 6.07) is 0. The smallest absolute Gasteiger partial charge is 0.0782 e. The molecule has 10 heavy (non-hydrogen) atoms. The van der Waals surface area contributed by atoms with Gasteiger partial charge in [-0.15, -0.1) is 0 Å². The lowest BCUT2D eigenvalue weighted by Gasteiger charge is -2.31. The lowest BCUT2D eigenvalue weighted by atomic mass is 9.94. The Labute approximate surface area is 61.3 Å². The summed E-state index contributed by atoms with van der Waals surface area (Å²) in [5.41, 5.74) is -0.283. The van der Waals surface area contributed by atoms with E-state index in [-0.39, 0.29) is 11.6 Å². The molecule has 0 aromatic carbocycles. The van der Waals surface area contributed by atoms with Gasteiger partial charge in [0, 0.05) is 0 Å². The summed E-state index contributed by atoms with van der Waals surface area (Å²) in [5, 5.41) is 12.4. The van der Waals surface area contributed by atoms with Gasteiger partial charge in [-0.1, -0.05) is 12.2 Å². The normalized spacial score (nSPS) is 33.5. The quantitative estimate of drug-likeness (QED) is 0.563. The fourth-order valence-electron chi connectivity index (χ4n) is 0.847. The Balaban J connectivity index is 2.70. The van der Waals surface area contributed by atoms with E-state index in [9.17, 15) is 5.11 Å². The van der Waals surface area contributed by atoms with E-state index in [1.54, 1.807) is 6.92 Å². The van der Waals surface area contributed by atoms with Crippen molar-refractivity contribution in [3.8, 4) is 0 Å². The molecule has 2 atom stereocenters. The molecule has 56 valence electrons. The molecule has 2 heteroatoms. The molecule has 0 fully saturated rings. The van der Waals surface area contributed by atoms with Gasteiger partial charge in [-0.2, -0.15) is 0 Å². The SMILES string of the molecule is CC(O)C1(C)C=CC=CN1. The summed E-state index contributed by atoms with van der Waals surface area (Å²) in [4.78, 5) is 0. The molecule has 2 N–H and O–H groups in total. The van der Waals surface area contributed by atoms with E-state index in [1.807, 2.05) is 31.4 Å². The molecule has 0 amide bonds. The van der Waals surface area contributed by atoms with Crippen molar-refractivity contribution in [1.29, 1.82) is 0 Å². The maximum absolute atomic E-state index is 9.29. The van der Waals surface area contributed by atoms with Gasteiger partial charge in [0.1, 0.15) is 0 Å². The number of aliphatic hydroxyl groups is 1. The Hall–Kier alpha value is -0.760. The van der Waals surface area contributed by atoms with E-state index >= 15 is 0 Å². The van der Waals surface area contributed by atoms with Crippen molar-refractivity contribution in [2.75, 3.05) is 0 Å². The Morgan fingerprint density at radius 3 is 2.50 bits per heavy atom. The lowest BCUT2D eigenvalue weighted by Crippen LogP contribution is -2.47. The predicted octanol–water partition coefficient (Wildman–Crippen LogP) is 0.799. The second-order valence-electron chi connectivity index (χ2n) is 2.82. The molecule has 0 bridgehead atoms. The summed E-state index contributed by atoms with van der Waals surface area (Å²) >= 11 is 0. The third-order valence-electron chi connectivity index (χ3n) is 1.91. The molecule has 0 saturated carbocycles. The zero-order valence-electron chi connectivity index (χ0n) is 6.33. The zero-order chi connectivity index (χ0) is 7.61. The highest BCUT2D eigenvalue weighted by Gasteiger charge is 2.25. The van der Waals surface area contributed by atoms with Crippen molar-refractivity contribution in [3.63, 3.8) is 0 Å². The van der Waals surface area contributed by atoms with E-state index < -0.39 is 0 Å². The largest absolute Gasteiger partial charge is 0.391 e. The number of hydrogen-bond donors (Lipinski definition) is 2. The first-order valence-corrected chi connectivity index (χ1v) is 3.45. The minimum atomic E-state index is -0.367. The average molecular weight is 139 g/mol. The standard InChI is InChI=1S/C8H13NO/c1-7(10)8(2)5-3-4-6-9-8/h3-7,9-10H,1-2H3. The molecule has 1 rings (SSSR count). The first kappa shape index (κ1) is 7.35. The van der Waals surface area contributed by atoms with Crippen molar-refractivity contribution < 1.29 is 5.11 Å². The molecular weight excluding hydrogens is 126 g/mol. The van der Waals surface area contributed by atoms with Crippen molar-refractivity contribution in [2.24, 2.45) is 0 Å². The molecule has 1 heterocycles. The number of dihydropyridines is 1. The molecule has 1 aliphatic heterocycles. The molecule has 2 unspecified atom stereocenters. The van der Waals surface area contributed by atoms with E-state index in [0.29, 0.717) is 0 Å². The van der Waals surface area contributed by atoms with E-state index in [1.165, 1.54) is 0 Å². The number of allylic oxidation sites excluding steroid dienone is 2. The lowest BCUT2D eigenvalue weighted by molar-refractivity contribution is 0.122.